The Morgan fingerprint density at radius 1 is 1.10 bits per heavy atom. The van der Waals surface area contributed by atoms with Crippen molar-refractivity contribution in [3.63, 3.8) is 0 Å². The summed E-state index contributed by atoms with van der Waals surface area (Å²) in [6.07, 6.45) is 5.39. The number of para-hydroxylation sites is 1. The molecule has 0 bridgehead atoms. The summed E-state index contributed by atoms with van der Waals surface area (Å²) in [5.41, 5.74) is 3.62. The van der Waals surface area contributed by atoms with Gasteiger partial charge in [-0.3, -0.25) is 9.55 Å². The van der Waals surface area contributed by atoms with Crippen LogP contribution in [0.4, 0.5) is 0 Å². The van der Waals surface area contributed by atoms with E-state index in [-0.39, 0.29) is 5.97 Å². The molecule has 0 aliphatic heterocycles. The monoisotopic (exact) mass is 415 g/mol. The first-order chi connectivity index (χ1) is 15.2. The normalized spacial score (nSPS) is 11.9. The first-order valence-corrected chi connectivity index (χ1v) is 10.4. The Labute approximate surface area is 181 Å². The number of nitrogens with zero attached hydrogens (tertiary/aromatic N) is 3. The molecule has 4 rings (SSSR count). The lowest BCUT2D eigenvalue weighted by atomic mass is 10.1. The largest absolute Gasteiger partial charge is 0.479 e. The van der Waals surface area contributed by atoms with E-state index in [4.69, 9.17) is 14.5 Å². The lowest BCUT2D eigenvalue weighted by molar-refractivity contribution is -0.149. The minimum Gasteiger partial charge on any atom is -0.479 e. The van der Waals surface area contributed by atoms with Gasteiger partial charge in [-0.1, -0.05) is 31.5 Å². The molecule has 0 spiro atoms. The summed E-state index contributed by atoms with van der Waals surface area (Å²) in [5, 5.41) is 0. The van der Waals surface area contributed by atoms with Gasteiger partial charge >= 0.3 is 5.97 Å². The van der Waals surface area contributed by atoms with Crippen molar-refractivity contribution in [1.29, 1.82) is 0 Å². The van der Waals surface area contributed by atoms with Gasteiger partial charge in [0.2, 0.25) is 0 Å². The Kier molecular flexibility index (Phi) is 6.26. The second-order valence-electron chi connectivity index (χ2n) is 7.27. The van der Waals surface area contributed by atoms with Crippen LogP contribution < -0.4 is 4.74 Å². The number of unbranched alkanes of at least 4 members (excludes halogenated alkanes) is 1. The van der Waals surface area contributed by atoms with Crippen LogP contribution in [0.1, 0.15) is 26.2 Å². The molecular weight excluding hydrogens is 390 g/mol. The molecule has 0 fully saturated rings. The number of hydrogen-bond acceptors (Lipinski definition) is 5. The van der Waals surface area contributed by atoms with Crippen LogP contribution in [0, 0.1) is 0 Å². The number of methoxy groups -OCH3 is 1. The van der Waals surface area contributed by atoms with Crippen molar-refractivity contribution >= 4 is 17.0 Å². The molecule has 2 aromatic heterocycles. The van der Waals surface area contributed by atoms with Gasteiger partial charge in [0.15, 0.2) is 6.10 Å². The van der Waals surface area contributed by atoms with Crippen LogP contribution in [0.5, 0.6) is 5.75 Å². The van der Waals surface area contributed by atoms with Gasteiger partial charge in [-0.2, -0.15) is 0 Å². The van der Waals surface area contributed by atoms with Crippen molar-refractivity contribution < 1.29 is 14.3 Å². The van der Waals surface area contributed by atoms with E-state index in [9.17, 15) is 4.79 Å². The molecule has 0 aliphatic carbocycles. The number of ether oxygens (including phenoxy) is 2. The average molecular weight is 415 g/mol. The van der Waals surface area contributed by atoms with Crippen LogP contribution in [0.3, 0.4) is 0 Å². The number of rotatable bonds is 8. The third-order valence-corrected chi connectivity index (χ3v) is 5.12. The highest BCUT2D eigenvalue weighted by Gasteiger charge is 2.22. The molecular formula is C25H25N3O3. The maximum atomic E-state index is 12.2. The van der Waals surface area contributed by atoms with E-state index in [0.717, 1.165) is 41.0 Å². The molecule has 0 amide bonds. The smallest absolute Gasteiger partial charge is 0.347 e. The number of carbonyl (C=O) groups is 1. The standard InChI is InChI=1S/C25H25N3O3/c1-3-4-12-23(25(29)30-2)31-20-13-14-21-22(16-20)28(19-10-6-5-7-11-19)24(27-21)18-9-8-15-26-17-18/h5-11,13-17,23H,3-4,12H2,1-2H3. The number of pyridine rings is 1. The summed E-state index contributed by atoms with van der Waals surface area (Å²) in [6.45, 7) is 2.08. The highest BCUT2D eigenvalue weighted by Crippen LogP contribution is 2.31. The zero-order valence-electron chi connectivity index (χ0n) is 17.7. The number of esters is 1. The molecule has 0 radical (unpaired) electrons. The van der Waals surface area contributed by atoms with E-state index in [1.54, 1.807) is 12.4 Å². The van der Waals surface area contributed by atoms with E-state index in [0.29, 0.717) is 12.2 Å². The second-order valence-corrected chi connectivity index (χ2v) is 7.27. The van der Waals surface area contributed by atoms with Crippen LogP contribution in [0.15, 0.2) is 73.1 Å². The van der Waals surface area contributed by atoms with E-state index >= 15 is 0 Å². The van der Waals surface area contributed by atoms with E-state index in [1.807, 2.05) is 60.7 Å². The number of fused-ring (bicyclic) bond motifs is 1. The van der Waals surface area contributed by atoms with Gasteiger partial charge in [-0.05, 0) is 49.2 Å². The predicted octanol–water partition coefficient (Wildman–Crippen LogP) is 5.20. The number of imidazole rings is 1. The summed E-state index contributed by atoms with van der Waals surface area (Å²) in [4.78, 5) is 21.3. The van der Waals surface area contributed by atoms with Crippen LogP contribution in [-0.2, 0) is 9.53 Å². The molecule has 4 aromatic rings. The molecule has 0 aliphatic rings. The van der Waals surface area contributed by atoms with Crippen molar-refractivity contribution in [3.05, 3.63) is 73.1 Å². The molecule has 1 atom stereocenters. The Morgan fingerprint density at radius 3 is 2.65 bits per heavy atom. The highest BCUT2D eigenvalue weighted by molar-refractivity contribution is 5.84. The van der Waals surface area contributed by atoms with Crippen LogP contribution in [0.2, 0.25) is 0 Å². The van der Waals surface area contributed by atoms with Gasteiger partial charge in [0.1, 0.15) is 11.6 Å². The third kappa shape index (κ3) is 4.43. The Bertz CT molecular complexity index is 1160. The third-order valence-electron chi connectivity index (χ3n) is 5.12. The zero-order valence-corrected chi connectivity index (χ0v) is 17.7. The van der Waals surface area contributed by atoms with Crippen molar-refractivity contribution in [2.75, 3.05) is 7.11 Å². The fraction of sp³-hybridized carbons (Fsp3) is 0.240. The van der Waals surface area contributed by atoms with E-state index in [2.05, 4.69) is 16.5 Å². The van der Waals surface area contributed by atoms with Gasteiger partial charge in [-0.15, -0.1) is 0 Å². The fourth-order valence-electron chi connectivity index (χ4n) is 3.57. The lowest BCUT2D eigenvalue weighted by Crippen LogP contribution is -2.28. The maximum Gasteiger partial charge on any atom is 0.347 e. The minimum absolute atomic E-state index is 0.360. The van der Waals surface area contributed by atoms with Crippen LogP contribution >= 0.6 is 0 Å². The summed E-state index contributed by atoms with van der Waals surface area (Å²) < 4.78 is 13.1. The van der Waals surface area contributed by atoms with Gasteiger partial charge < -0.3 is 9.47 Å². The van der Waals surface area contributed by atoms with Gasteiger partial charge in [0, 0.05) is 29.7 Å². The Hall–Kier alpha value is -3.67. The SMILES string of the molecule is CCCCC(Oc1ccc2nc(-c3cccnc3)n(-c3ccccc3)c2c1)C(=O)OC. The molecule has 2 heterocycles. The summed E-state index contributed by atoms with van der Waals surface area (Å²) >= 11 is 0. The molecule has 0 N–H and O–H groups in total. The maximum absolute atomic E-state index is 12.2. The van der Waals surface area contributed by atoms with Gasteiger partial charge in [0.05, 0.1) is 18.1 Å². The second kappa shape index (κ2) is 9.43. The van der Waals surface area contributed by atoms with Crippen molar-refractivity contribution in [3.8, 4) is 22.8 Å². The quantitative estimate of drug-likeness (QED) is 0.370. The van der Waals surface area contributed by atoms with Crippen molar-refractivity contribution in [2.24, 2.45) is 0 Å². The lowest BCUT2D eigenvalue weighted by Gasteiger charge is -2.17. The molecule has 158 valence electrons. The number of aromatic nitrogens is 3. The zero-order chi connectivity index (χ0) is 21.6. The summed E-state index contributed by atoms with van der Waals surface area (Å²) in [7, 11) is 1.39. The first kappa shape index (κ1) is 20.6. The van der Waals surface area contributed by atoms with Crippen LogP contribution in [0.25, 0.3) is 28.1 Å². The van der Waals surface area contributed by atoms with Gasteiger partial charge in [-0.25, -0.2) is 9.78 Å². The van der Waals surface area contributed by atoms with E-state index in [1.165, 1.54) is 7.11 Å². The molecule has 6 heteroatoms. The fourth-order valence-corrected chi connectivity index (χ4v) is 3.57. The molecule has 6 nitrogen and oxygen atoms in total. The molecule has 31 heavy (non-hydrogen) atoms. The summed E-state index contributed by atoms with van der Waals surface area (Å²) in [5.74, 6) is 1.04. The number of carbonyl (C=O) groups excluding carboxylic acids is 1. The Morgan fingerprint density at radius 2 is 1.94 bits per heavy atom. The topological polar surface area (TPSA) is 66.2 Å². The predicted molar refractivity (Wildman–Crippen MR) is 120 cm³/mol. The molecule has 0 saturated heterocycles. The Balaban J connectivity index is 1.81. The van der Waals surface area contributed by atoms with Crippen molar-refractivity contribution in [1.82, 2.24) is 14.5 Å². The molecule has 1 unspecified atom stereocenters. The van der Waals surface area contributed by atoms with Crippen LogP contribution in [-0.4, -0.2) is 33.7 Å². The molecule has 2 aromatic carbocycles. The van der Waals surface area contributed by atoms with Gasteiger partial charge in [0.25, 0.3) is 0 Å². The van der Waals surface area contributed by atoms with E-state index < -0.39 is 6.10 Å². The average Bonchev–Trinajstić information content (AvgIpc) is 3.21. The van der Waals surface area contributed by atoms with Crippen molar-refractivity contribution in [2.45, 2.75) is 32.3 Å². The first-order valence-electron chi connectivity index (χ1n) is 10.4. The minimum atomic E-state index is -0.631. The number of benzene rings is 2. The molecule has 0 saturated carbocycles. The summed E-state index contributed by atoms with van der Waals surface area (Å²) in [6, 6.07) is 19.6. The number of hydrogen-bond donors (Lipinski definition) is 0. The highest BCUT2D eigenvalue weighted by atomic mass is 16.6.